The van der Waals surface area contributed by atoms with Gasteiger partial charge in [0, 0.05) is 42.2 Å². The topological polar surface area (TPSA) is 64.2 Å². The Morgan fingerprint density at radius 1 is 1.14 bits per heavy atom. The molecular formula is C22H21N5O. The van der Waals surface area contributed by atoms with E-state index in [1.54, 1.807) is 4.52 Å². The number of nitrogens with one attached hydrogen (secondary N) is 1. The molecular weight excluding hydrogens is 350 g/mol. The number of pyridine rings is 1. The Labute approximate surface area is 162 Å². The number of carbonyl (C=O) groups is 1. The highest BCUT2D eigenvalue weighted by Gasteiger charge is 2.30. The lowest BCUT2D eigenvalue weighted by Crippen LogP contribution is -2.14. The SMILES string of the molecule is Cc1ccc(Cn2ccc(-c3cccn4nc(NC(=O)C5CC5)nc34)c2)cc1. The van der Waals surface area contributed by atoms with Crippen molar-refractivity contribution in [3.63, 3.8) is 0 Å². The first-order chi connectivity index (χ1) is 13.7. The fraction of sp³-hybridized carbons (Fsp3) is 0.227. The van der Waals surface area contributed by atoms with E-state index in [1.807, 2.05) is 18.3 Å². The molecule has 6 heteroatoms. The molecule has 3 aromatic heterocycles. The predicted molar refractivity (Wildman–Crippen MR) is 108 cm³/mol. The molecule has 0 atom stereocenters. The molecule has 1 amide bonds. The molecule has 0 saturated heterocycles. The monoisotopic (exact) mass is 371 g/mol. The quantitative estimate of drug-likeness (QED) is 0.579. The van der Waals surface area contributed by atoms with E-state index in [9.17, 15) is 4.79 Å². The molecule has 0 radical (unpaired) electrons. The summed E-state index contributed by atoms with van der Waals surface area (Å²) in [5.41, 5.74) is 5.33. The van der Waals surface area contributed by atoms with Gasteiger partial charge in [0.2, 0.25) is 11.9 Å². The summed E-state index contributed by atoms with van der Waals surface area (Å²) in [4.78, 5) is 16.6. The number of hydrogen-bond acceptors (Lipinski definition) is 3. The number of aromatic nitrogens is 4. The molecule has 28 heavy (non-hydrogen) atoms. The van der Waals surface area contributed by atoms with E-state index in [1.165, 1.54) is 11.1 Å². The second kappa shape index (κ2) is 6.64. The fourth-order valence-electron chi connectivity index (χ4n) is 3.34. The van der Waals surface area contributed by atoms with Gasteiger partial charge in [-0.05, 0) is 43.5 Å². The third kappa shape index (κ3) is 3.29. The van der Waals surface area contributed by atoms with Crippen molar-refractivity contribution >= 4 is 17.5 Å². The second-order valence-electron chi connectivity index (χ2n) is 7.45. The first-order valence-electron chi connectivity index (χ1n) is 9.54. The molecule has 0 aliphatic heterocycles. The standard InChI is InChI=1S/C22H21N5O/c1-15-4-6-16(7-5-15)13-26-12-10-18(14-26)19-3-2-11-27-20(19)23-22(25-27)24-21(28)17-8-9-17/h2-7,10-12,14,17H,8-9,13H2,1H3,(H,24,25,28). The lowest BCUT2D eigenvalue weighted by atomic mass is 10.1. The van der Waals surface area contributed by atoms with Crippen LogP contribution in [0.1, 0.15) is 24.0 Å². The minimum absolute atomic E-state index is 0.0155. The average molecular weight is 371 g/mol. The van der Waals surface area contributed by atoms with Gasteiger partial charge in [-0.25, -0.2) is 4.52 Å². The second-order valence-corrected chi connectivity index (χ2v) is 7.45. The Bertz CT molecular complexity index is 1150. The van der Waals surface area contributed by atoms with Crippen molar-refractivity contribution in [3.8, 4) is 11.1 Å². The molecule has 3 heterocycles. The van der Waals surface area contributed by atoms with Gasteiger partial charge < -0.3 is 4.57 Å². The number of hydrogen-bond donors (Lipinski definition) is 1. The van der Waals surface area contributed by atoms with E-state index in [0.29, 0.717) is 5.95 Å². The van der Waals surface area contributed by atoms with Crippen LogP contribution in [0.3, 0.4) is 0 Å². The zero-order chi connectivity index (χ0) is 19.1. The number of benzene rings is 1. The zero-order valence-electron chi connectivity index (χ0n) is 15.7. The van der Waals surface area contributed by atoms with Crippen molar-refractivity contribution in [1.82, 2.24) is 19.2 Å². The van der Waals surface area contributed by atoms with Crippen LogP contribution in [0.15, 0.2) is 61.1 Å². The fourth-order valence-corrected chi connectivity index (χ4v) is 3.34. The number of carbonyl (C=O) groups excluding carboxylic acids is 1. The van der Waals surface area contributed by atoms with Crippen molar-refractivity contribution in [2.75, 3.05) is 5.32 Å². The number of amides is 1. The van der Waals surface area contributed by atoms with Crippen LogP contribution in [0.2, 0.25) is 0 Å². The predicted octanol–water partition coefficient (Wildman–Crippen LogP) is 3.90. The Morgan fingerprint density at radius 2 is 1.96 bits per heavy atom. The molecule has 0 spiro atoms. The summed E-state index contributed by atoms with van der Waals surface area (Å²) in [7, 11) is 0. The molecule has 1 aliphatic rings. The van der Waals surface area contributed by atoms with Crippen molar-refractivity contribution < 1.29 is 4.79 Å². The minimum Gasteiger partial charge on any atom is -0.349 e. The highest BCUT2D eigenvalue weighted by atomic mass is 16.2. The molecule has 0 unspecified atom stereocenters. The molecule has 5 rings (SSSR count). The Kier molecular flexibility index (Phi) is 3.97. The largest absolute Gasteiger partial charge is 0.349 e. The van der Waals surface area contributed by atoms with E-state index < -0.39 is 0 Å². The van der Waals surface area contributed by atoms with Gasteiger partial charge in [-0.1, -0.05) is 29.8 Å². The Balaban J connectivity index is 1.42. The van der Waals surface area contributed by atoms with Crippen molar-refractivity contribution in [2.24, 2.45) is 5.92 Å². The van der Waals surface area contributed by atoms with Gasteiger partial charge in [0.05, 0.1) is 0 Å². The van der Waals surface area contributed by atoms with Crippen LogP contribution in [-0.2, 0) is 11.3 Å². The zero-order valence-corrected chi connectivity index (χ0v) is 15.7. The molecule has 1 fully saturated rings. The summed E-state index contributed by atoms with van der Waals surface area (Å²) in [5.74, 6) is 0.507. The van der Waals surface area contributed by atoms with Crippen molar-refractivity contribution in [3.05, 3.63) is 72.2 Å². The highest BCUT2D eigenvalue weighted by Crippen LogP contribution is 2.30. The Morgan fingerprint density at radius 3 is 2.75 bits per heavy atom. The minimum atomic E-state index is 0.0155. The van der Waals surface area contributed by atoms with Gasteiger partial charge >= 0.3 is 0 Å². The maximum absolute atomic E-state index is 12.0. The van der Waals surface area contributed by atoms with Crippen molar-refractivity contribution in [1.29, 1.82) is 0 Å². The van der Waals surface area contributed by atoms with Gasteiger partial charge in [0.15, 0.2) is 5.65 Å². The van der Waals surface area contributed by atoms with E-state index >= 15 is 0 Å². The van der Waals surface area contributed by atoms with E-state index in [0.717, 1.165) is 36.2 Å². The number of fused-ring (bicyclic) bond motifs is 1. The summed E-state index contributed by atoms with van der Waals surface area (Å²) in [5, 5.41) is 7.23. The first kappa shape index (κ1) is 16.7. The lowest BCUT2D eigenvalue weighted by molar-refractivity contribution is -0.117. The summed E-state index contributed by atoms with van der Waals surface area (Å²) in [6, 6.07) is 14.6. The summed E-state index contributed by atoms with van der Waals surface area (Å²) in [6.07, 6.45) is 7.96. The molecule has 1 aromatic carbocycles. The number of aryl methyl sites for hydroxylation is 1. The highest BCUT2D eigenvalue weighted by molar-refractivity contribution is 5.93. The van der Waals surface area contributed by atoms with Gasteiger partial charge in [0.25, 0.3) is 0 Å². The van der Waals surface area contributed by atoms with Gasteiger partial charge in [-0.2, -0.15) is 4.98 Å². The van der Waals surface area contributed by atoms with Gasteiger partial charge in [-0.15, -0.1) is 5.10 Å². The van der Waals surface area contributed by atoms with Crippen LogP contribution in [0.4, 0.5) is 5.95 Å². The van der Waals surface area contributed by atoms with Crippen LogP contribution < -0.4 is 5.32 Å². The smallest absolute Gasteiger partial charge is 0.249 e. The van der Waals surface area contributed by atoms with Crippen LogP contribution >= 0.6 is 0 Å². The van der Waals surface area contributed by atoms with Crippen LogP contribution in [-0.4, -0.2) is 25.1 Å². The molecule has 140 valence electrons. The van der Waals surface area contributed by atoms with Crippen LogP contribution in [0, 0.1) is 12.8 Å². The third-order valence-electron chi connectivity index (χ3n) is 5.09. The molecule has 1 aliphatic carbocycles. The Hall–Kier alpha value is -3.41. The van der Waals surface area contributed by atoms with Crippen molar-refractivity contribution in [2.45, 2.75) is 26.3 Å². The van der Waals surface area contributed by atoms with Gasteiger partial charge in [-0.3, -0.25) is 10.1 Å². The number of rotatable bonds is 5. The maximum Gasteiger partial charge on any atom is 0.249 e. The third-order valence-corrected chi connectivity index (χ3v) is 5.09. The summed E-state index contributed by atoms with van der Waals surface area (Å²) >= 11 is 0. The maximum atomic E-state index is 12.0. The summed E-state index contributed by atoms with van der Waals surface area (Å²) < 4.78 is 3.88. The van der Waals surface area contributed by atoms with E-state index in [2.05, 4.69) is 69.6 Å². The molecule has 6 nitrogen and oxygen atoms in total. The van der Waals surface area contributed by atoms with E-state index in [4.69, 9.17) is 0 Å². The molecule has 1 N–H and O–H groups in total. The number of anilines is 1. The van der Waals surface area contributed by atoms with Gasteiger partial charge in [0.1, 0.15) is 0 Å². The lowest BCUT2D eigenvalue weighted by Gasteiger charge is -2.04. The average Bonchev–Trinajstić information content (AvgIpc) is 3.31. The number of nitrogens with zero attached hydrogens (tertiary/aromatic N) is 4. The van der Waals surface area contributed by atoms with Crippen LogP contribution in [0.25, 0.3) is 16.8 Å². The molecule has 4 aromatic rings. The first-order valence-corrected chi connectivity index (χ1v) is 9.54. The summed E-state index contributed by atoms with van der Waals surface area (Å²) in [6.45, 7) is 2.91. The normalized spacial score (nSPS) is 13.8. The molecule has 1 saturated carbocycles. The molecule has 0 bridgehead atoms. The van der Waals surface area contributed by atoms with Crippen LogP contribution in [0.5, 0.6) is 0 Å². The van der Waals surface area contributed by atoms with E-state index in [-0.39, 0.29) is 11.8 Å².